The molecule has 0 spiro atoms. The molecule has 2 heterocycles. The Bertz CT molecular complexity index is 592. The standard InChI is InChI=1S/C15H15N2/c1-13(14-7-3-2-4-8-14)17-11-15-9-5-6-10-16(15)12-17/h2-13H,1H3/q+1/t13-/m0/s1. The molecule has 0 radical (unpaired) electrons. The molecular weight excluding hydrogens is 208 g/mol. The van der Waals surface area contributed by atoms with Crippen LogP contribution in [0.4, 0.5) is 0 Å². The van der Waals surface area contributed by atoms with Crippen LogP contribution < -0.4 is 4.57 Å². The maximum Gasteiger partial charge on any atom is 0.249 e. The number of rotatable bonds is 2. The molecule has 17 heavy (non-hydrogen) atoms. The normalized spacial score (nSPS) is 12.8. The van der Waals surface area contributed by atoms with Crippen LogP contribution in [-0.2, 0) is 0 Å². The van der Waals surface area contributed by atoms with Gasteiger partial charge in [0.05, 0.1) is 6.20 Å². The Morgan fingerprint density at radius 1 is 1.00 bits per heavy atom. The number of aromatic nitrogens is 2. The summed E-state index contributed by atoms with van der Waals surface area (Å²) in [4.78, 5) is 0. The zero-order valence-corrected chi connectivity index (χ0v) is 9.82. The summed E-state index contributed by atoms with van der Waals surface area (Å²) < 4.78 is 4.38. The van der Waals surface area contributed by atoms with Gasteiger partial charge in [0, 0.05) is 0 Å². The Morgan fingerprint density at radius 2 is 1.76 bits per heavy atom. The monoisotopic (exact) mass is 223 g/mol. The number of imidazole rings is 1. The predicted molar refractivity (Wildman–Crippen MR) is 67.8 cm³/mol. The third-order valence-corrected chi connectivity index (χ3v) is 3.19. The van der Waals surface area contributed by atoms with Crippen LogP contribution >= 0.6 is 0 Å². The van der Waals surface area contributed by atoms with E-state index in [0.717, 1.165) is 0 Å². The largest absolute Gasteiger partial charge is 0.249 e. The van der Waals surface area contributed by atoms with E-state index in [1.165, 1.54) is 11.1 Å². The van der Waals surface area contributed by atoms with Crippen LogP contribution in [0.5, 0.6) is 0 Å². The van der Waals surface area contributed by atoms with Gasteiger partial charge in [-0.3, -0.25) is 0 Å². The number of hydrogen-bond acceptors (Lipinski definition) is 0. The average molecular weight is 223 g/mol. The summed E-state index contributed by atoms with van der Waals surface area (Å²) in [7, 11) is 0. The first-order valence-corrected chi connectivity index (χ1v) is 5.87. The summed E-state index contributed by atoms with van der Waals surface area (Å²) in [6.07, 6.45) is 6.38. The first-order valence-electron chi connectivity index (χ1n) is 5.87. The van der Waals surface area contributed by atoms with Crippen LogP contribution in [0.1, 0.15) is 18.5 Å². The van der Waals surface area contributed by atoms with Gasteiger partial charge in [-0.1, -0.05) is 36.4 Å². The Labute approximate surface area is 101 Å². The highest BCUT2D eigenvalue weighted by Gasteiger charge is 2.14. The summed E-state index contributed by atoms with van der Waals surface area (Å²) in [6.45, 7) is 2.22. The van der Waals surface area contributed by atoms with Gasteiger partial charge in [0.25, 0.3) is 0 Å². The molecule has 2 heteroatoms. The molecule has 0 bridgehead atoms. The van der Waals surface area contributed by atoms with Crippen molar-refractivity contribution in [2.75, 3.05) is 0 Å². The summed E-state index contributed by atoms with van der Waals surface area (Å²) in [5, 5.41) is 0. The van der Waals surface area contributed by atoms with E-state index < -0.39 is 0 Å². The molecule has 0 saturated carbocycles. The molecule has 0 aliphatic carbocycles. The fourth-order valence-electron chi connectivity index (χ4n) is 2.13. The predicted octanol–water partition coefficient (Wildman–Crippen LogP) is 2.84. The smallest absolute Gasteiger partial charge is 0.229 e. The molecule has 0 amide bonds. The molecule has 2 nitrogen and oxygen atoms in total. The third kappa shape index (κ3) is 1.82. The zero-order valence-electron chi connectivity index (χ0n) is 9.82. The average Bonchev–Trinajstić information content (AvgIpc) is 2.82. The number of hydrogen-bond donors (Lipinski definition) is 0. The van der Waals surface area contributed by atoms with Crippen molar-refractivity contribution in [3.8, 4) is 0 Å². The van der Waals surface area contributed by atoms with Crippen LogP contribution in [0.15, 0.2) is 67.3 Å². The van der Waals surface area contributed by atoms with Crippen molar-refractivity contribution < 1.29 is 4.57 Å². The van der Waals surface area contributed by atoms with Gasteiger partial charge in [0.2, 0.25) is 6.33 Å². The Balaban J connectivity index is 2.04. The van der Waals surface area contributed by atoms with Gasteiger partial charge in [0.15, 0.2) is 5.52 Å². The molecular formula is C15H15N2+. The molecule has 1 aromatic carbocycles. The fourth-order valence-corrected chi connectivity index (χ4v) is 2.13. The summed E-state index contributed by atoms with van der Waals surface area (Å²) in [5.74, 6) is 0. The van der Waals surface area contributed by atoms with Crippen LogP contribution in [0, 0.1) is 0 Å². The van der Waals surface area contributed by atoms with Gasteiger partial charge in [-0.15, -0.1) is 0 Å². The van der Waals surface area contributed by atoms with E-state index >= 15 is 0 Å². The molecule has 0 aliphatic heterocycles. The molecule has 3 aromatic rings. The van der Waals surface area contributed by atoms with Gasteiger partial charge in [0.1, 0.15) is 12.2 Å². The highest BCUT2D eigenvalue weighted by atomic mass is 15.1. The molecule has 2 aromatic heterocycles. The zero-order chi connectivity index (χ0) is 11.7. The number of fused-ring (bicyclic) bond motifs is 1. The first kappa shape index (κ1) is 10.1. The molecule has 1 atom stereocenters. The second-order valence-electron chi connectivity index (χ2n) is 4.31. The molecule has 0 unspecified atom stereocenters. The molecule has 0 saturated heterocycles. The highest BCUT2D eigenvalue weighted by molar-refractivity contribution is 5.41. The van der Waals surface area contributed by atoms with E-state index in [-0.39, 0.29) is 0 Å². The SMILES string of the molecule is C[C@@H](c1ccccc1)[n+]1cc2ccccn2c1. The summed E-state index contributed by atoms with van der Waals surface area (Å²) in [6, 6.07) is 17.1. The van der Waals surface area contributed by atoms with E-state index in [4.69, 9.17) is 0 Å². The van der Waals surface area contributed by atoms with Crippen molar-refractivity contribution in [2.45, 2.75) is 13.0 Å². The fraction of sp³-hybridized carbons (Fsp3) is 0.133. The molecule has 0 fully saturated rings. The van der Waals surface area contributed by atoms with E-state index in [1.54, 1.807) is 0 Å². The summed E-state index contributed by atoms with van der Waals surface area (Å²) >= 11 is 0. The topological polar surface area (TPSA) is 8.29 Å². The Hall–Kier alpha value is -2.09. The lowest BCUT2D eigenvalue weighted by atomic mass is 10.1. The van der Waals surface area contributed by atoms with Gasteiger partial charge in [-0.2, -0.15) is 0 Å². The van der Waals surface area contributed by atoms with Gasteiger partial charge >= 0.3 is 0 Å². The maximum absolute atomic E-state index is 2.24. The van der Waals surface area contributed by atoms with E-state index in [1.807, 2.05) is 6.07 Å². The summed E-state index contributed by atoms with van der Waals surface area (Å²) in [5.41, 5.74) is 2.55. The van der Waals surface area contributed by atoms with Gasteiger partial charge < -0.3 is 0 Å². The second-order valence-corrected chi connectivity index (χ2v) is 4.31. The van der Waals surface area contributed by atoms with Crippen LogP contribution in [0.3, 0.4) is 0 Å². The van der Waals surface area contributed by atoms with Gasteiger partial charge in [-0.25, -0.2) is 8.97 Å². The van der Waals surface area contributed by atoms with E-state index in [0.29, 0.717) is 6.04 Å². The number of nitrogens with zero attached hydrogens (tertiary/aromatic N) is 2. The molecule has 3 rings (SSSR count). The highest BCUT2D eigenvalue weighted by Crippen LogP contribution is 2.11. The second kappa shape index (κ2) is 4.06. The molecule has 0 N–H and O–H groups in total. The first-order chi connectivity index (χ1) is 8.34. The van der Waals surface area contributed by atoms with Crippen molar-refractivity contribution in [3.63, 3.8) is 0 Å². The Morgan fingerprint density at radius 3 is 2.53 bits per heavy atom. The van der Waals surface area contributed by atoms with Crippen LogP contribution in [0.25, 0.3) is 5.52 Å². The van der Waals surface area contributed by atoms with Crippen LogP contribution in [-0.4, -0.2) is 4.40 Å². The van der Waals surface area contributed by atoms with Crippen molar-refractivity contribution in [1.82, 2.24) is 4.40 Å². The molecule has 84 valence electrons. The minimum absolute atomic E-state index is 0.357. The lowest BCUT2D eigenvalue weighted by Gasteiger charge is -2.07. The Kier molecular flexibility index (Phi) is 2.41. The lowest BCUT2D eigenvalue weighted by Crippen LogP contribution is -2.35. The van der Waals surface area contributed by atoms with Crippen molar-refractivity contribution >= 4 is 5.52 Å². The minimum atomic E-state index is 0.357. The van der Waals surface area contributed by atoms with Crippen molar-refractivity contribution in [2.24, 2.45) is 0 Å². The third-order valence-electron chi connectivity index (χ3n) is 3.19. The lowest BCUT2D eigenvalue weighted by molar-refractivity contribution is -0.709. The van der Waals surface area contributed by atoms with Crippen LogP contribution in [0.2, 0.25) is 0 Å². The van der Waals surface area contributed by atoms with Crippen molar-refractivity contribution in [1.29, 1.82) is 0 Å². The quantitative estimate of drug-likeness (QED) is 0.590. The van der Waals surface area contributed by atoms with E-state index in [9.17, 15) is 0 Å². The minimum Gasteiger partial charge on any atom is -0.229 e. The molecule has 0 aliphatic rings. The number of benzene rings is 1. The van der Waals surface area contributed by atoms with Gasteiger partial charge in [-0.05, 0) is 24.6 Å². The van der Waals surface area contributed by atoms with E-state index in [2.05, 4.69) is 77.1 Å². The number of pyridine rings is 1. The maximum atomic E-state index is 2.24. The van der Waals surface area contributed by atoms with Crippen molar-refractivity contribution in [3.05, 3.63) is 72.8 Å².